The standard InChI is InChI=1S/C10H9ClN4/c1-2-7-15-10(12-13-14-15)8-3-5-9(11)6-4-8/h2-6H,1,7H2. The molecule has 76 valence electrons. The molecule has 0 bridgehead atoms. The van der Waals surface area contributed by atoms with E-state index < -0.39 is 0 Å². The smallest absolute Gasteiger partial charge is 0.182 e. The molecule has 0 atom stereocenters. The van der Waals surface area contributed by atoms with E-state index in [9.17, 15) is 0 Å². The Bertz CT molecular complexity index is 461. The van der Waals surface area contributed by atoms with Crippen molar-refractivity contribution < 1.29 is 0 Å². The van der Waals surface area contributed by atoms with E-state index in [-0.39, 0.29) is 0 Å². The topological polar surface area (TPSA) is 43.6 Å². The number of hydrogen-bond donors (Lipinski definition) is 0. The van der Waals surface area contributed by atoms with Gasteiger partial charge in [-0.2, -0.15) is 0 Å². The first-order valence-corrected chi connectivity index (χ1v) is 4.82. The summed E-state index contributed by atoms with van der Waals surface area (Å²) < 4.78 is 1.68. The number of tetrazole rings is 1. The molecule has 0 saturated carbocycles. The number of benzene rings is 1. The van der Waals surface area contributed by atoms with Gasteiger partial charge in [-0.05, 0) is 34.7 Å². The second kappa shape index (κ2) is 4.23. The van der Waals surface area contributed by atoms with Crippen LogP contribution in [-0.2, 0) is 6.54 Å². The van der Waals surface area contributed by atoms with Crippen LogP contribution in [0.25, 0.3) is 11.4 Å². The molecule has 4 nitrogen and oxygen atoms in total. The highest BCUT2D eigenvalue weighted by molar-refractivity contribution is 6.30. The SMILES string of the molecule is C=CCn1nnnc1-c1ccc(Cl)cc1. The van der Waals surface area contributed by atoms with Gasteiger partial charge in [-0.15, -0.1) is 11.7 Å². The van der Waals surface area contributed by atoms with Gasteiger partial charge in [-0.25, -0.2) is 4.68 Å². The molecule has 15 heavy (non-hydrogen) atoms. The van der Waals surface area contributed by atoms with Gasteiger partial charge in [0.25, 0.3) is 0 Å². The lowest BCUT2D eigenvalue weighted by atomic mass is 10.2. The van der Waals surface area contributed by atoms with Crippen LogP contribution in [0.5, 0.6) is 0 Å². The highest BCUT2D eigenvalue weighted by Gasteiger charge is 2.06. The summed E-state index contributed by atoms with van der Waals surface area (Å²) in [6.45, 7) is 4.24. The van der Waals surface area contributed by atoms with Gasteiger partial charge < -0.3 is 0 Å². The molecule has 0 saturated heterocycles. The summed E-state index contributed by atoms with van der Waals surface area (Å²) in [7, 11) is 0. The molecule has 2 rings (SSSR count). The fourth-order valence-corrected chi connectivity index (χ4v) is 1.38. The van der Waals surface area contributed by atoms with Crippen molar-refractivity contribution in [2.45, 2.75) is 6.54 Å². The summed E-state index contributed by atoms with van der Waals surface area (Å²) in [5.41, 5.74) is 0.936. The molecule has 1 heterocycles. The maximum Gasteiger partial charge on any atom is 0.182 e. The summed E-state index contributed by atoms with van der Waals surface area (Å²) in [5, 5.41) is 12.1. The molecule has 0 unspecified atom stereocenters. The Labute approximate surface area is 92.2 Å². The molecule has 0 N–H and O–H groups in total. The minimum atomic E-state index is 0.588. The van der Waals surface area contributed by atoms with Gasteiger partial charge >= 0.3 is 0 Å². The van der Waals surface area contributed by atoms with Gasteiger partial charge in [0.15, 0.2) is 5.82 Å². The Morgan fingerprint density at radius 2 is 2.07 bits per heavy atom. The number of aromatic nitrogens is 4. The van der Waals surface area contributed by atoms with Crippen molar-refractivity contribution in [3.8, 4) is 11.4 Å². The summed E-state index contributed by atoms with van der Waals surface area (Å²) in [6.07, 6.45) is 1.75. The van der Waals surface area contributed by atoms with Crippen LogP contribution in [0.2, 0.25) is 5.02 Å². The van der Waals surface area contributed by atoms with Crippen LogP contribution in [0.15, 0.2) is 36.9 Å². The van der Waals surface area contributed by atoms with Crippen molar-refractivity contribution in [3.05, 3.63) is 41.9 Å². The second-order valence-corrected chi connectivity index (χ2v) is 3.42. The normalized spacial score (nSPS) is 10.2. The second-order valence-electron chi connectivity index (χ2n) is 2.98. The van der Waals surface area contributed by atoms with Gasteiger partial charge in [-0.1, -0.05) is 17.7 Å². The van der Waals surface area contributed by atoms with Crippen molar-refractivity contribution in [1.82, 2.24) is 20.2 Å². The molecule has 0 fully saturated rings. The first-order chi connectivity index (χ1) is 7.31. The molecule has 0 aliphatic rings. The molecular weight excluding hydrogens is 212 g/mol. The van der Waals surface area contributed by atoms with E-state index in [1.807, 2.05) is 24.3 Å². The fourth-order valence-electron chi connectivity index (χ4n) is 1.26. The van der Waals surface area contributed by atoms with Crippen LogP contribution in [0.3, 0.4) is 0 Å². The third kappa shape index (κ3) is 2.05. The van der Waals surface area contributed by atoms with Gasteiger partial charge in [-0.3, -0.25) is 0 Å². The zero-order valence-corrected chi connectivity index (χ0v) is 8.72. The minimum absolute atomic E-state index is 0.588. The number of nitrogens with zero attached hydrogens (tertiary/aromatic N) is 4. The highest BCUT2D eigenvalue weighted by Crippen LogP contribution is 2.18. The van der Waals surface area contributed by atoms with Gasteiger partial charge in [0.05, 0.1) is 6.54 Å². The average Bonchev–Trinajstić information content (AvgIpc) is 2.68. The largest absolute Gasteiger partial charge is 0.222 e. The van der Waals surface area contributed by atoms with Gasteiger partial charge in [0.2, 0.25) is 0 Å². The zero-order valence-electron chi connectivity index (χ0n) is 7.97. The van der Waals surface area contributed by atoms with Crippen LogP contribution < -0.4 is 0 Å². The Balaban J connectivity index is 2.40. The maximum atomic E-state index is 5.80. The lowest BCUT2D eigenvalue weighted by Crippen LogP contribution is -2.00. The summed E-state index contributed by atoms with van der Waals surface area (Å²) in [6, 6.07) is 7.38. The van der Waals surface area contributed by atoms with Crippen molar-refractivity contribution in [3.63, 3.8) is 0 Å². The van der Waals surface area contributed by atoms with E-state index in [1.165, 1.54) is 0 Å². The van der Waals surface area contributed by atoms with Crippen molar-refractivity contribution in [2.75, 3.05) is 0 Å². The summed E-state index contributed by atoms with van der Waals surface area (Å²) in [5.74, 6) is 0.714. The molecule has 0 amide bonds. The van der Waals surface area contributed by atoms with Gasteiger partial charge in [0, 0.05) is 10.6 Å². The predicted octanol–water partition coefficient (Wildman–Crippen LogP) is 2.18. The van der Waals surface area contributed by atoms with E-state index in [0.717, 1.165) is 5.56 Å². The summed E-state index contributed by atoms with van der Waals surface area (Å²) >= 11 is 5.80. The quantitative estimate of drug-likeness (QED) is 0.745. The zero-order chi connectivity index (χ0) is 10.7. The van der Waals surface area contributed by atoms with Crippen LogP contribution in [-0.4, -0.2) is 20.2 Å². The minimum Gasteiger partial charge on any atom is -0.222 e. The predicted molar refractivity (Wildman–Crippen MR) is 58.5 cm³/mol. The first-order valence-electron chi connectivity index (χ1n) is 4.44. The van der Waals surface area contributed by atoms with Crippen LogP contribution in [0.1, 0.15) is 0 Å². The first kappa shape index (κ1) is 9.86. The van der Waals surface area contributed by atoms with Crippen molar-refractivity contribution in [1.29, 1.82) is 0 Å². The monoisotopic (exact) mass is 220 g/mol. The van der Waals surface area contributed by atoms with Crippen molar-refractivity contribution >= 4 is 11.6 Å². The Kier molecular flexibility index (Phi) is 2.78. The third-order valence-corrected chi connectivity index (χ3v) is 2.19. The van der Waals surface area contributed by atoms with E-state index in [0.29, 0.717) is 17.4 Å². The van der Waals surface area contributed by atoms with Gasteiger partial charge in [0.1, 0.15) is 0 Å². The van der Waals surface area contributed by atoms with Crippen molar-refractivity contribution in [2.24, 2.45) is 0 Å². The third-order valence-electron chi connectivity index (χ3n) is 1.94. The number of hydrogen-bond acceptors (Lipinski definition) is 3. The molecule has 0 aliphatic heterocycles. The molecule has 0 radical (unpaired) electrons. The number of rotatable bonds is 3. The molecule has 5 heteroatoms. The van der Waals surface area contributed by atoms with E-state index in [2.05, 4.69) is 22.1 Å². The Morgan fingerprint density at radius 3 is 2.73 bits per heavy atom. The number of halogens is 1. The lowest BCUT2D eigenvalue weighted by Gasteiger charge is -2.00. The molecule has 1 aromatic heterocycles. The molecule has 2 aromatic rings. The van der Waals surface area contributed by atoms with E-state index in [1.54, 1.807) is 10.8 Å². The maximum absolute atomic E-state index is 5.80. The highest BCUT2D eigenvalue weighted by atomic mass is 35.5. The van der Waals surface area contributed by atoms with Crippen LogP contribution >= 0.6 is 11.6 Å². The number of allylic oxidation sites excluding steroid dienone is 1. The molecular formula is C10H9ClN4. The Morgan fingerprint density at radius 1 is 1.33 bits per heavy atom. The fraction of sp³-hybridized carbons (Fsp3) is 0.100. The Hall–Kier alpha value is -1.68. The average molecular weight is 221 g/mol. The molecule has 0 spiro atoms. The van der Waals surface area contributed by atoms with Crippen LogP contribution in [0, 0.1) is 0 Å². The van der Waals surface area contributed by atoms with Crippen LogP contribution in [0.4, 0.5) is 0 Å². The van der Waals surface area contributed by atoms with E-state index in [4.69, 9.17) is 11.6 Å². The lowest BCUT2D eigenvalue weighted by molar-refractivity contribution is 0.665. The molecule has 0 aliphatic carbocycles. The van der Waals surface area contributed by atoms with E-state index >= 15 is 0 Å². The molecule has 1 aromatic carbocycles. The summed E-state index contributed by atoms with van der Waals surface area (Å²) in [4.78, 5) is 0.